The Morgan fingerprint density at radius 2 is 2.29 bits per heavy atom. The van der Waals surface area contributed by atoms with Crippen molar-refractivity contribution in [3.63, 3.8) is 0 Å². The van der Waals surface area contributed by atoms with Gasteiger partial charge in [-0.3, -0.25) is 4.79 Å². The van der Waals surface area contributed by atoms with E-state index in [0.29, 0.717) is 12.3 Å². The van der Waals surface area contributed by atoms with Crippen LogP contribution in [0.3, 0.4) is 0 Å². The third-order valence-electron chi connectivity index (χ3n) is 3.30. The van der Waals surface area contributed by atoms with Crippen LogP contribution in [0.4, 0.5) is 5.69 Å². The van der Waals surface area contributed by atoms with Gasteiger partial charge in [-0.1, -0.05) is 28.1 Å². The summed E-state index contributed by atoms with van der Waals surface area (Å²) in [7, 11) is 0. The average Bonchev–Trinajstić information content (AvgIpc) is 2.71. The van der Waals surface area contributed by atoms with E-state index in [1.807, 2.05) is 30.0 Å². The van der Waals surface area contributed by atoms with E-state index in [2.05, 4.69) is 15.9 Å². The quantitative estimate of drug-likeness (QED) is 0.869. The number of hydrogen-bond acceptors (Lipinski definition) is 2. The van der Waals surface area contributed by atoms with E-state index in [9.17, 15) is 9.90 Å². The van der Waals surface area contributed by atoms with Crippen LogP contribution in [0.25, 0.3) is 0 Å². The lowest BCUT2D eigenvalue weighted by Crippen LogP contribution is -2.25. The maximum absolute atomic E-state index is 11.9. The van der Waals surface area contributed by atoms with Crippen LogP contribution < -0.4 is 4.90 Å². The van der Waals surface area contributed by atoms with Crippen LogP contribution in [-0.2, 0) is 11.4 Å². The van der Waals surface area contributed by atoms with Crippen LogP contribution in [0.5, 0.6) is 0 Å². The van der Waals surface area contributed by atoms with Crippen molar-refractivity contribution in [1.29, 1.82) is 0 Å². The minimum atomic E-state index is 0.0174. The zero-order valence-corrected chi connectivity index (χ0v) is 11.4. The molecule has 1 aromatic rings. The molecule has 3 nitrogen and oxygen atoms in total. The van der Waals surface area contributed by atoms with E-state index in [4.69, 9.17) is 0 Å². The largest absolute Gasteiger partial charge is 0.392 e. The summed E-state index contributed by atoms with van der Waals surface area (Å²) < 4.78 is 0. The second-order valence-corrected chi connectivity index (χ2v) is 5.10. The lowest BCUT2D eigenvalue weighted by molar-refractivity contribution is -0.117. The summed E-state index contributed by atoms with van der Waals surface area (Å²) in [6, 6.07) is 5.73. The van der Waals surface area contributed by atoms with Gasteiger partial charge in [-0.05, 0) is 30.0 Å². The molecule has 1 heterocycles. The Hall–Kier alpha value is -0.870. The predicted molar refractivity (Wildman–Crippen MR) is 71.4 cm³/mol. The molecule has 1 unspecified atom stereocenters. The molecular weight excluding hydrogens is 282 g/mol. The lowest BCUT2D eigenvalue weighted by atomic mass is 10.1. The van der Waals surface area contributed by atoms with Gasteiger partial charge in [0.2, 0.25) is 5.91 Å². The molecule has 0 saturated carbocycles. The van der Waals surface area contributed by atoms with Crippen molar-refractivity contribution < 1.29 is 9.90 Å². The second-order valence-electron chi connectivity index (χ2n) is 4.45. The Kier molecular flexibility index (Phi) is 3.84. The number of carbonyl (C=O) groups is 1. The Balaban J connectivity index is 2.32. The number of rotatable bonds is 3. The van der Waals surface area contributed by atoms with Crippen LogP contribution in [-0.4, -0.2) is 22.9 Å². The van der Waals surface area contributed by atoms with Crippen molar-refractivity contribution >= 4 is 27.5 Å². The third-order valence-corrected chi connectivity index (χ3v) is 4.22. The van der Waals surface area contributed by atoms with Crippen molar-refractivity contribution in [1.82, 2.24) is 0 Å². The summed E-state index contributed by atoms with van der Waals surface area (Å²) in [6.45, 7) is 2.74. The molecule has 0 aromatic heterocycles. The third kappa shape index (κ3) is 2.38. The van der Waals surface area contributed by atoms with Gasteiger partial charge < -0.3 is 10.0 Å². The first-order valence-corrected chi connectivity index (χ1v) is 6.85. The maximum atomic E-state index is 11.9. The number of halogens is 1. The topological polar surface area (TPSA) is 40.5 Å². The molecule has 17 heavy (non-hydrogen) atoms. The molecule has 1 aromatic carbocycles. The van der Waals surface area contributed by atoms with Gasteiger partial charge in [-0.2, -0.15) is 0 Å². The number of aliphatic hydroxyl groups is 1. The molecule has 0 spiro atoms. The molecule has 1 aliphatic rings. The summed E-state index contributed by atoms with van der Waals surface area (Å²) in [5, 5.41) is 10.1. The molecule has 4 heteroatoms. The van der Waals surface area contributed by atoms with E-state index in [-0.39, 0.29) is 12.5 Å². The molecule has 1 amide bonds. The molecule has 1 fully saturated rings. The maximum Gasteiger partial charge on any atom is 0.227 e. The Labute approximate surface area is 110 Å². The minimum absolute atomic E-state index is 0.0174. The smallest absolute Gasteiger partial charge is 0.227 e. The molecule has 0 aliphatic carbocycles. The summed E-state index contributed by atoms with van der Waals surface area (Å²) >= 11 is 3.43. The Bertz CT molecular complexity index is 433. The molecule has 0 bridgehead atoms. The van der Waals surface area contributed by atoms with E-state index >= 15 is 0 Å². The summed E-state index contributed by atoms with van der Waals surface area (Å²) in [5.74, 6) is 0.562. The first kappa shape index (κ1) is 12.6. The lowest BCUT2D eigenvalue weighted by Gasteiger charge is -2.20. The van der Waals surface area contributed by atoms with Crippen molar-refractivity contribution in [2.75, 3.05) is 16.8 Å². The molecule has 1 aliphatic heterocycles. The number of nitrogens with zero attached hydrogens (tertiary/aromatic N) is 1. The number of alkyl halides is 1. The monoisotopic (exact) mass is 297 g/mol. The highest BCUT2D eigenvalue weighted by Crippen LogP contribution is 2.30. The van der Waals surface area contributed by atoms with Crippen molar-refractivity contribution in [3.8, 4) is 0 Å². The van der Waals surface area contributed by atoms with Gasteiger partial charge in [0.1, 0.15) is 0 Å². The summed E-state index contributed by atoms with van der Waals surface area (Å²) in [5.41, 5.74) is 2.82. The molecule has 1 N–H and O–H groups in total. The first-order valence-electron chi connectivity index (χ1n) is 5.73. The fraction of sp³-hybridized carbons (Fsp3) is 0.462. The van der Waals surface area contributed by atoms with E-state index in [1.165, 1.54) is 0 Å². The molecule has 0 radical (unpaired) electrons. The van der Waals surface area contributed by atoms with Crippen LogP contribution in [0.15, 0.2) is 18.2 Å². The van der Waals surface area contributed by atoms with E-state index < -0.39 is 0 Å². The van der Waals surface area contributed by atoms with E-state index in [0.717, 1.165) is 28.7 Å². The number of hydrogen-bond donors (Lipinski definition) is 1. The Morgan fingerprint density at radius 1 is 1.53 bits per heavy atom. The second kappa shape index (κ2) is 5.19. The zero-order chi connectivity index (χ0) is 12.4. The van der Waals surface area contributed by atoms with Crippen molar-refractivity contribution in [3.05, 3.63) is 29.3 Å². The minimum Gasteiger partial charge on any atom is -0.392 e. The fourth-order valence-electron chi connectivity index (χ4n) is 2.25. The molecular formula is C13H16BrNO2. The van der Waals surface area contributed by atoms with Crippen LogP contribution in [0.2, 0.25) is 0 Å². The SMILES string of the molecule is Cc1c(CO)cccc1N1CC(CBr)CC1=O. The van der Waals surface area contributed by atoms with Crippen molar-refractivity contribution in [2.45, 2.75) is 20.0 Å². The van der Waals surface area contributed by atoms with E-state index in [1.54, 1.807) is 0 Å². The summed E-state index contributed by atoms with van der Waals surface area (Å²) in [6.07, 6.45) is 0.605. The zero-order valence-electron chi connectivity index (χ0n) is 9.82. The number of amides is 1. The molecule has 1 atom stereocenters. The highest BCUT2D eigenvalue weighted by molar-refractivity contribution is 9.09. The molecule has 92 valence electrons. The summed E-state index contributed by atoms with van der Waals surface area (Å²) in [4.78, 5) is 13.8. The first-order chi connectivity index (χ1) is 8.17. The fourth-order valence-corrected chi connectivity index (χ4v) is 2.69. The van der Waals surface area contributed by atoms with Crippen LogP contribution >= 0.6 is 15.9 Å². The number of benzene rings is 1. The van der Waals surface area contributed by atoms with Gasteiger partial charge in [0.05, 0.1) is 6.61 Å². The van der Waals surface area contributed by atoms with Crippen molar-refractivity contribution in [2.24, 2.45) is 5.92 Å². The standard InChI is InChI=1S/C13H16BrNO2/c1-9-11(8-16)3-2-4-12(9)15-7-10(6-14)5-13(15)17/h2-4,10,16H,5-8H2,1H3. The Morgan fingerprint density at radius 3 is 2.88 bits per heavy atom. The average molecular weight is 298 g/mol. The number of anilines is 1. The van der Waals surface area contributed by atoms with Gasteiger partial charge >= 0.3 is 0 Å². The van der Waals surface area contributed by atoms with Crippen LogP contribution in [0.1, 0.15) is 17.5 Å². The predicted octanol–water partition coefficient (Wildman–Crippen LogP) is 2.24. The van der Waals surface area contributed by atoms with Gasteiger partial charge in [-0.25, -0.2) is 0 Å². The van der Waals surface area contributed by atoms with Gasteiger partial charge in [0.15, 0.2) is 0 Å². The molecule has 1 saturated heterocycles. The number of carbonyl (C=O) groups excluding carboxylic acids is 1. The van der Waals surface area contributed by atoms with Gasteiger partial charge in [0, 0.05) is 24.0 Å². The normalized spacial score (nSPS) is 20.1. The number of aliphatic hydroxyl groups excluding tert-OH is 1. The van der Waals surface area contributed by atoms with Crippen LogP contribution in [0, 0.1) is 12.8 Å². The molecule has 2 rings (SSSR count). The highest BCUT2D eigenvalue weighted by atomic mass is 79.9. The van der Waals surface area contributed by atoms with Gasteiger partial charge in [-0.15, -0.1) is 0 Å². The van der Waals surface area contributed by atoms with Gasteiger partial charge in [0.25, 0.3) is 0 Å². The highest BCUT2D eigenvalue weighted by Gasteiger charge is 2.30.